The summed E-state index contributed by atoms with van der Waals surface area (Å²) < 4.78 is 16.9. The lowest BCUT2D eigenvalue weighted by Crippen LogP contribution is -2.31. The maximum Gasteiger partial charge on any atom is 0.209 e. The summed E-state index contributed by atoms with van der Waals surface area (Å²) in [7, 11) is 1.67. The van der Waals surface area contributed by atoms with Crippen LogP contribution in [0, 0.1) is 0 Å². The molecule has 1 aliphatic rings. The van der Waals surface area contributed by atoms with Crippen molar-refractivity contribution < 1.29 is 19.0 Å². The summed E-state index contributed by atoms with van der Waals surface area (Å²) in [6.07, 6.45) is 3.85. The zero-order chi connectivity index (χ0) is 19.6. The number of benzene rings is 2. The average molecular weight is 383 g/mol. The molecule has 2 aromatic carbocycles. The molecule has 1 heterocycles. The number of ether oxygens (including phenoxy) is 3. The molecule has 28 heavy (non-hydrogen) atoms. The minimum atomic E-state index is 0.536. The third-order valence-electron chi connectivity index (χ3n) is 5.18. The van der Waals surface area contributed by atoms with Crippen molar-refractivity contribution in [2.24, 2.45) is 0 Å². The van der Waals surface area contributed by atoms with Crippen LogP contribution in [-0.2, 0) is 16.1 Å². The molecule has 0 bridgehead atoms. The van der Waals surface area contributed by atoms with Crippen molar-refractivity contribution in [3.8, 4) is 11.5 Å². The molecule has 1 fully saturated rings. The first-order valence-electron chi connectivity index (χ1n) is 9.92. The van der Waals surface area contributed by atoms with E-state index in [1.807, 2.05) is 41.3 Å². The summed E-state index contributed by atoms with van der Waals surface area (Å²) in [5.74, 6) is 2.28. The van der Waals surface area contributed by atoms with Gasteiger partial charge in [-0.3, -0.25) is 4.79 Å². The van der Waals surface area contributed by atoms with Crippen LogP contribution in [0.25, 0.3) is 0 Å². The van der Waals surface area contributed by atoms with E-state index in [-0.39, 0.29) is 0 Å². The van der Waals surface area contributed by atoms with Crippen LogP contribution >= 0.6 is 0 Å². The minimum absolute atomic E-state index is 0.536. The summed E-state index contributed by atoms with van der Waals surface area (Å²) in [5.41, 5.74) is 2.39. The van der Waals surface area contributed by atoms with E-state index in [1.54, 1.807) is 7.11 Å². The highest BCUT2D eigenvalue weighted by Crippen LogP contribution is 2.28. The zero-order valence-electron chi connectivity index (χ0n) is 16.5. The summed E-state index contributed by atoms with van der Waals surface area (Å²) in [4.78, 5) is 12.7. The minimum Gasteiger partial charge on any atom is -0.496 e. The Kier molecular flexibility index (Phi) is 7.73. The molecule has 1 amide bonds. The molecule has 0 aliphatic carbocycles. The van der Waals surface area contributed by atoms with Gasteiger partial charge in [-0.2, -0.15) is 0 Å². The maximum absolute atomic E-state index is 10.8. The molecule has 150 valence electrons. The number of carbonyl (C=O) groups excluding carboxylic acids is 1. The Morgan fingerprint density at radius 2 is 1.79 bits per heavy atom. The summed E-state index contributed by atoms with van der Waals surface area (Å²) in [6.45, 7) is 3.51. The SMILES string of the molecule is COc1ccccc1COCCCOc1ccc(C2CCN(C=O)CC2)cc1. The molecule has 1 saturated heterocycles. The first kappa shape index (κ1) is 20.2. The van der Waals surface area contributed by atoms with Gasteiger partial charge in [-0.1, -0.05) is 30.3 Å². The van der Waals surface area contributed by atoms with Crippen LogP contribution in [0.4, 0.5) is 0 Å². The van der Waals surface area contributed by atoms with Crippen LogP contribution < -0.4 is 9.47 Å². The third-order valence-corrected chi connectivity index (χ3v) is 5.18. The van der Waals surface area contributed by atoms with Crippen LogP contribution in [0.15, 0.2) is 48.5 Å². The van der Waals surface area contributed by atoms with Crippen molar-refractivity contribution >= 4 is 6.41 Å². The molecule has 0 atom stereocenters. The summed E-state index contributed by atoms with van der Waals surface area (Å²) in [5, 5.41) is 0. The molecule has 0 unspecified atom stereocenters. The Morgan fingerprint density at radius 1 is 1.04 bits per heavy atom. The van der Waals surface area contributed by atoms with Crippen molar-refractivity contribution in [2.75, 3.05) is 33.4 Å². The average Bonchev–Trinajstić information content (AvgIpc) is 2.77. The summed E-state index contributed by atoms with van der Waals surface area (Å²) >= 11 is 0. The lowest BCUT2D eigenvalue weighted by atomic mass is 9.90. The van der Waals surface area contributed by atoms with Crippen molar-refractivity contribution in [2.45, 2.75) is 31.8 Å². The molecular formula is C23H29NO4. The number of rotatable bonds is 10. The number of hydrogen-bond acceptors (Lipinski definition) is 4. The van der Waals surface area contributed by atoms with Gasteiger partial charge in [0.05, 0.1) is 26.9 Å². The van der Waals surface area contributed by atoms with E-state index < -0.39 is 0 Å². The van der Waals surface area contributed by atoms with Gasteiger partial charge in [-0.15, -0.1) is 0 Å². The molecule has 3 rings (SSSR count). The largest absolute Gasteiger partial charge is 0.496 e. The topological polar surface area (TPSA) is 48.0 Å². The van der Waals surface area contributed by atoms with Crippen LogP contribution in [-0.4, -0.2) is 44.7 Å². The molecular weight excluding hydrogens is 354 g/mol. The van der Waals surface area contributed by atoms with Gasteiger partial charge < -0.3 is 19.1 Å². The predicted octanol–water partition coefficient (Wildman–Crippen LogP) is 4.02. The van der Waals surface area contributed by atoms with E-state index >= 15 is 0 Å². The van der Waals surface area contributed by atoms with E-state index in [4.69, 9.17) is 14.2 Å². The van der Waals surface area contributed by atoms with E-state index in [0.29, 0.717) is 25.7 Å². The number of piperidine rings is 1. The standard InChI is InChI=1S/C23H29NO4/c1-26-23-6-3-2-5-21(23)17-27-15-4-16-28-22-9-7-19(8-10-22)20-11-13-24(18-25)14-12-20/h2-3,5-10,18,20H,4,11-17H2,1H3. The quantitative estimate of drug-likeness (QED) is 0.459. The van der Waals surface area contributed by atoms with Gasteiger partial charge in [0.2, 0.25) is 6.41 Å². The Balaban J connectivity index is 1.33. The summed E-state index contributed by atoms with van der Waals surface area (Å²) in [6, 6.07) is 16.3. The van der Waals surface area contributed by atoms with Gasteiger partial charge in [-0.05, 0) is 42.5 Å². The smallest absolute Gasteiger partial charge is 0.209 e. The fraction of sp³-hybridized carbons (Fsp3) is 0.435. The van der Waals surface area contributed by atoms with Crippen LogP contribution in [0.5, 0.6) is 11.5 Å². The second-order valence-electron chi connectivity index (χ2n) is 7.05. The van der Waals surface area contributed by atoms with Crippen molar-refractivity contribution in [1.29, 1.82) is 0 Å². The van der Waals surface area contributed by atoms with Gasteiger partial charge in [-0.25, -0.2) is 0 Å². The fourth-order valence-corrected chi connectivity index (χ4v) is 3.53. The zero-order valence-corrected chi connectivity index (χ0v) is 16.5. The van der Waals surface area contributed by atoms with E-state index in [0.717, 1.165) is 55.8 Å². The van der Waals surface area contributed by atoms with Crippen LogP contribution in [0.2, 0.25) is 0 Å². The second kappa shape index (κ2) is 10.7. The molecule has 5 nitrogen and oxygen atoms in total. The van der Waals surface area contributed by atoms with Gasteiger partial charge in [0.15, 0.2) is 0 Å². The highest BCUT2D eigenvalue weighted by Gasteiger charge is 2.19. The lowest BCUT2D eigenvalue weighted by molar-refractivity contribution is -0.119. The Morgan fingerprint density at radius 3 is 2.50 bits per heavy atom. The molecule has 0 aromatic heterocycles. The Labute approximate surface area is 167 Å². The number of likely N-dealkylation sites (tertiary alicyclic amines) is 1. The van der Waals surface area contributed by atoms with Gasteiger partial charge >= 0.3 is 0 Å². The van der Waals surface area contributed by atoms with E-state index in [2.05, 4.69) is 12.1 Å². The maximum atomic E-state index is 10.8. The number of methoxy groups -OCH3 is 1. The van der Waals surface area contributed by atoms with Gasteiger partial charge in [0.1, 0.15) is 11.5 Å². The second-order valence-corrected chi connectivity index (χ2v) is 7.05. The first-order valence-corrected chi connectivity index (χ1v) is 9.92. The Hall–Kier alpha value is -2.53. The van der Waals surface area contributed by atoms with Crippen molar-refractivity contribution in [1.82, 2.24) is 4.90 Å². The van der Waals surface area contributed by atoms with Gasteiger partial charge in [0, 0.05) is 25.1 Å². The monoisotopic (exact) mass is 383 g/mol. The van der Waals surface area contributed by atoms with Crippen LogP contribution in [0.3, 0.4) is 0 Å². The van der Waals surface area contributed by atoms with E-state index in [1.165, 1.54) is 5.56 Å². The van der Waals surface area contributed by atoms with E-state index in [9.17, 15) is 4.79 Å². The molecule has 0 spiro atoms. The molecule has 0 saturated carbocycles. The van der Waals surface area contributed by atoms with Crippen molar-refractivity contribution in [3.63, 3.8) is 0 Å². The molecule has 2 aromatic rings. The highest BCUT2D eigenvalue weighted by molar-refractivity contribution is 5.47. The Bertz CT molecular complexity index is 724. The number of amides is 1. The van der Waals surface area contributed by atoms with Gasteiger partial charge in [0.25, 0.3) is 0 Å². The number of para-hydroxylation sites is 1. The molecule has 0 N–H and O–H groups in total. The third kappa shape index (κ3) is 5.73. The molecule has 1 aliphatic heterocycles. The molecule has 5 heteroatoms. The van der Waals surface area contributed by atoms with Crippen LogP contribution in [0.1, 0.15) is 36.3 Å². The lowest BCUT2D eigenvalue weighted by Gasteiger charge is -2.29. The normalized spacial score (nSPS) is 14.7. The highest BCUT2D eigenvalue weighted by atomic mass is 16.5. The predicted molar refractivity (Wildman–Crippen MR) is 109 cm³/mol. The van der Waals surface area contributed by atoms with Crippen molar-refractivity contribution in [3.05, 3.63) is 59.7 Å². The number of carbonyl (C=O) groups is 1. The fourth-order valence-electron chi connectivity index (χ4n) is 3.53. The molecule has 0 radical (unpaired) electrons. The number of nitrogens with zero attached hydrogens (tertiary/aromatic N) is 1. The first-order chi connectivity index (χ1) is 13.8. The number of hydrogen-bond donors (Lipinski definition) is 0.